The summed E-state index contributed by atoms with van der Waals surface area (Å²) in [6, 6.07) is -0.847. The zero-order chi connectivity index (χ0) is 12.6. The molecule has 0 aromatic heterocycles. The first-order chi connectivity index (χ1) is 7.47. The third-order valence-electron chi connectivity index (χ3n) is 1.90. The molecule has 0 aromatic carbocycles. The second-order valence-corrected chi connectivity index (χ2v) is 4.38. The SMILES string of the molecule is C.CSCC(NC(=O)CCCC(C)=O)C(=O)O.[Y]. The molecule has 0 saturated carbocycles. The van der Waals surface area contributed by atoms with Gasteiger partial charge in [-0.2, -0.15) is 11.8 Å². The van der Waals surface area contributed by atoms with Crippen molar-refractivity contribution in [1.29, 1.82) is 0 Å². The number of aliphatic carboxylic acids is 1. The van der Waals surface area contributed by atoms with Crippen LogP contribution in [0.3, 0.4) is 0 Å². The molecule has 0 fully saturated rings. The molecule has 2 N–H and O–H groups in total. The number of carboxylic acids is 1. The zero-order valence-corrected chi connectivity index (χ0v) is 13.7. The molecular formula is C11H21NO4SY. The smallest absolute Gasteiger partial charge is 0.327 e. The van der Waals surface area contributed by atoms with E-state index < -0.39 is 12.0 Å². The Morgan fingerprint density at radius 1 is 1.28 bits per heavy atom. The number of carboxylic acid groups (broad SMARTS) is 1. The number of hydrogen-bond acceptors (Lipinski definition) is 4. The number of carbonyl (C=O) groups excluding carboxylic acids is 2. The summed E-state index contributed by atoms with van der Waals surface area (Å²) in [5, 5.41) is 11.2. The third kappa shape index (κ3) is 12.5. The van der Waals surface area contributed by atoms with Crippen LogP contribution in [0.25, 0.3) is 0 Å². The van der Waals surface area contributed by atoms with Crippen molar-refractivity contribution < 1.29 is 52.2 Å². The minimum atomic E-state index is -1.03. The quantitative estimate of drug-likeness (QED) is 0.688. The van der Waals surface area contributed by atoms with Crippen LogP contribution in [0.4, 0.5) is 0 Å². The molecule has 1 radical (unpaired) electrons. The summed E-state index contributed by atoms with van der Waals surface area (Å²) >= 11 is 1.36. The zero-order valence-electron chi connectivity index (χ0n) is 10.1. The maximum absolute atomic E-state index is 11.3. The van der Waals surface area contributed by atoms with E-state index in [1.165, 1.54) is 18.7 Å². The molecule has 1 atom stereocenters. The predicted octanol–water partition coefficient (Wildman–Crippen LogP) is 1.31. The van der Waals surface area contributed by atoms with Gasteiger partial charge in [0.05, 0.1) is 0 Å². The van der Waals surface area contributed by atoms with Gasteiger partial charge in [0.1, 0.15) is 11.8 Å². The number of Topliss-reactive ketones (excluding diaryl/α,β-unsaturated/α-hetero) is 1. The Balaban J connectivity index is -0.00000112. The molecule has 0 aliphatic heterocycles. The molecule has 18 heavy (non-hydrogen) atoms. The van der Waals surface area contributed by atoms with Gasteiger partial charge in [-0.3, -0.25) is 4.79 Å². The van der Waals surface area contributed by atoms with Crippen LogP contribution < -0.4 is 5.32 Å². The van der Waals surface area contributed by atoms with Crippen LogP contribution in [0, 0.1) is 0 Å². The summed E-state index contributed by atoms with van der Waals surface area (Å²) in [6.45, 7) is 1.46. The molecule has 0 bridgehead atoms. The summed E-state index contributed by atoms with van der Waals surface area (Å²) in [5.41, 5.74) is 0. The van der Waals surface area contributed by atoms with Crippen molar-refractivity contribution in [2.45, 2.75) is 39.7 Å². The van der Waals surface area contributed by atoms with Crippen molar-refractivity contribution >= 4 is 29.4 Å². The average molecular weight is 352 g/mol. The van der Waals surface area contributed by atoms with Crippen molar-refractivity contribution in [3.05, 3.63) is 0 Å². The maximum atomic E-state index is 11.3. The number of carbonyl (C=O) groups is 3. The van der Waals surface area contributed by atoms with Crippen molar-refractivity contribution in [2.24, 2.45) is 0 Å². The van der Waals surface area contributed by atoms with E-state index in [1.807, 2.05) is 0 Å². The average Bonchev–Trinajstić information content (AvgIpc) is 2.16. The third-order valence-corrected chi connectivity index (χ3v) is 2.57. The van der Waals surface area contributed by atoms with Crippen LogP contribution in [0.15, 0.2) is 0 Å². The van der Waals surface area contributed by atoms with Gasteiger partial charge in [-0.15, -0.1) is 0 Å². The summed E-state index contributed by atoms with van der Waals surface area (Å²) in [6.07, 6.45) is 2.79. The van der Waals surface area contributed by atoms with Gasteiger partial charge in [-0.1, -0.05) is 7.43 Å². The number of thioether (sulfide) groups is 1. The fraction of sp³-hybridized carbons (Fsp3) is 0.727. The second-order valence-electron chi connectivity index (χ2n) is 3.47. The second kappa shape index (κ2) is 13.5. The Kier molecular flexibility index (Phi) is 17.4. The first kappa shape index (κ1) is 23.2. The molecule has 0 saturated heterocycles. The van der Waals surface area contributed by atoms with E-state index in [0.717, 1.165) is 0 Å². The van der Waals surface area contributed by atoms with E-state index in [1.54, 1.807) is 6.26 Å². The van der Waals surface area contributed by atoms with Gasteiger partial charge in [-0.25, -0.2) is 4.79 Å². The van der Waals surface area contributed by atoms with Crippen LogP contribution in [-0.2, 0) is 47.1 Å². The fourth-order valence-corrected chi connectivity index (χ4v) is 1.66. The maximum Gasteiger partial charge on any atom is 0.327 e. The number of nitrogens with one attached hydrogen (secondary N) is 1. The fourth-order valence-electron chi connectivity index (χ4n) is 1.11. The van der Waals surface area contributed by atoms with Gasteiger partial charge < -0.3 is 15.2 Å². The Hall–Kier alpha value is 0.0639. The van der Waals surface area contributed by atoms with Crippen LogP contribution in [-0.4, -0.2) is 40.8 Å². The molecule has 103 valence electrons. The van der Waals surface area contributed by atoms with Gasteiger partial charge in [0.2, 0.25) is 5.91 Å². The number of hydrogen-bond donors (Lipinski definition) is 2. The summed E-state index contributed by atoms with van der Waals surface area (Å²) in [7, 11) is 0. The molecule has 0 aromatic rings. The molecular weight excluding hydrogens is 331 g/mol. The van der Waals surface area contributed by atoms with E-state index in [0.29, 0.717) is 18.6 Å². The van der Waals surface area contributed by atoms with Crippen molar-refractivity contribution in [1.82, 2.24) is 5.32 Å². The van der Waals surface area contributed by atoms with Gasteiger partial charge in [-0.05, 0) is 19.6 Å². The molecule has 1 amide bonds. The van der Waals surface area contributed by atoms with E-state index in [9.17, 15) is 14.4 Å². The van der Waals surface area contributed by atoms with Crippen LogP contribution >= 0.6 is 11.8 Å². The monoisotopic (exact) mass is 352 g/mol. The molecule has 1 unspecified atom stereocenters. The number of rotatable bonds is 8. The van der Waals surface area contributed by atoms with E-state index in [4.69, 9.17) is 5.11 Å². The van der Waals surface area contributed by atoms with E-state index >= 15 is 0 Å². The summed E-state index contributed by atoms with van der Waals surface area (Å²) in [4.78, 5) is 32.7. The van der Waals surface area contributed by atoms with E-state index in [2.05, 4.69) is 5.32 Å². The molecule has 0 spiro atoms. The topological polar surface area (TPSA) is 83.5 Å². The Labute approximate surface area is 138 Å². The largest absolute Gasteiger partial charge is 0.480 e. The molecule has 0 heterocycles. The van der Waals surface area contributed by atoms with Gasteiger partial charge in [0.25, 0.3) is 0 Å². The minimum absolute atomic E-state index is 0. The van der Waals surface area contributed by atoms with Crippen molar-refractivity contribution in [3.63, 3.8) is 0 Å². The number of amides is 1. The normalized spacial score (nSPS) is 10.6. The van der Waals surface area contributed by atoms with E-state index in [-0.39, 0.29) is 58.2 Å². The van der Waals surface area contributed by atoms with Crippen molar-refractivity contribution in [3.8, 4) is 0 Å². The van der Waals surface area contributed by atoms with Gasteiger partial charge >= 0.3 is 5.97 Å². The van der Waals surface area contributed by atoms with Crippen LogP contribution in [0.2, 0.25) is 0 Å². The summed E-state index contributed by atoms with van der Waals surface area (Å²) < 4.78 is 0. The molecule has 7 heteroatoms. The Morgan fingerprint density at radius 2 is 1.83 bits per heavy atom. The van der Waals surface area contributed by atoms with Crippen LogP contribution in [0.5, 0.6) is 0 Å². The molecule has 0 aliphatic carbocycles. The first-order valence-electron chi connectivity index (χ1n) is 4.98. The minimum Gasteiger partial charge on any atom is -0.480 e. The van der Waals surface area contributed by atoms with Crippen molar-refractivity contribution in [2.75, 3.05) is 12.0 Å². The first-order valence-corrected chi connectivity index (χ1v) is 6.37. The van der Waals surface area contributed by atoms with Crippen LogP contribution in [0.1, 0.15) is 33.6 Å². The predicted molar refractivity (Wildman–Crippen MR) is 69.2 cm³/mol. The standard InChI is InChI=1S/C10H17NO4S.CH4.Y/c1-7(12)4-3-5-9(13)11-8(6-16-2)10(14)15;;/h8H,3-6H2,1-2H3,(H,11,13)(H,14,15);1H4;. The Bertz CT molecular complexity index is 274. The summed E-state index contributed by atoms with van der Waals surface area (Å²) in [5.74, 6) is -0.975. The van der Waals surface area contributed by atoms with Gasteiger partial charge in [0.15, 0.2) is 0 Å². The molecule has 5 nitrogen and oxygen atoms in total. The molecule has 0 rings (SSSR count). The Morgan fingerprint density at radius 3 is 2.22 bits per heavy atom. The van der Waals surface area contributed by atoms with Gasteiger partial charge in [0, 0.05) is 51.3 Å². The molecule has 0 aliphatic rings. The number of ketones is 1.